The molecule has 4 saturated carbocycles. The Balaban J connectivity index is 1.72. The molecule has 0 heterocycles. The Bertz CT molecular complexity index is 501. The van der Waals surface area contributed by atoms with Crippen molar-refractivity contribution in [1.29, 1.82) is 0 Å². The van der Waals surface area contributed by atoms with E-state index in [-0.39, 0.29) is 17.8 Å². The molecule has 4 heteroatoms. The lowest BCUT2D eigenvalue weighted by molar-refractivity contribution is -0.162. The Morgan fingerprint density at radius 1 is 0.905 bits per heavy atom. The molecule has 0 amide bonds. The van der Waals surface area contributed by atoms with Gasteiger partial charge in [0.05, 0.1) is 18.9 Å². The molecule has 0 aliphatic heterocycles. The number of esters is 1. The van der Waals surface area contributed by atoms with E-state index in [1.165, 1.54) is 13.5 Å². The minimum atomic E-state index is -0.792. The monoisotopic (exact) mass is 292 g/mol. The lowest BCUT2D eigenvalue weighted by Gasteiger charge is -2.44. The Morgan fingerprint density at radius 2 is 1.38 bits per heavy atom. The van der Waals surface area contributed by atoms with Gasteiger partial charge in [0.2, 0.25) is 0 Å². The molecule has 4 nitrogen and oxygen atoms in total. The van der Waals surface area contributed by atoms with Crippen molar-refractivity contribution in [1.82, 2.24) is 0 Å². The minimum Gasteiger partial charge on any atom is -0.481 e. The van der Waals surface area contributed by atoms with Gasteiger partial charge in [0, 0.05) is 0 Å². The standard InChI is InChI=1S/C17H24O4/c1-6-7(2)9-4-8(6)12-10-5-11(13(9)12)15(17(20)21-3)14(10)16(18)19/h6-15H,4-5H2,1-3H3,(H,18,19). The van der Waals surface area contributed by atoms with Gasteiger partial charge >= 0.3 is 11.9 Å². The van der Waals surface area contributed by atoms with Crippen LogP contribution in [0.25, 0.3) is 0 Å². The molecule has 4 rings (SSSR count). The van der Waals surface area contributed by atoms with Gasteiger partial charge in [-0.2, -0.15) is 0 Å². The average Bonchev–Trinajstić information content (AvgIpc) is 3.16. The predicted octanol–water partition coefficient (Wildman–Crippen LogP) is 2.28. The fourth-order valence-electron chi connectivity index (χ4n) is 7.04. The van der Waals surface area contributed by atoms with Crippen LogP contribution in [0.4, 0.5) is 0 Å². The molecule has 4 bridgehead atoms. The molecule has 4 fully saturated rings. The highest BCUT2D eigenvalue weighted by Gasteiger charge is 2.71. The summed E-state index contributed by atoms with van der Waals surface area (Å²) in [6, 6.07) is 0. The van der Waals surface area contributed by atoms with E-state index in [2.05, 4.69) is 13.8 Å². The maximum atomic E-state index is 12.2. The zero-order valence-corrected chi connectivity index (χ0v) is 12.9. The number of hydrogen-bond acceptors (Lipinski definition) is 3. The Labute approximate surface area is 125 Å². The quantitative estimate of drug-likeness (QED) is 0.626. The maximum Gasteiger partial charge on any atom is 0.309 e. The van der Waals surface area contributed by atoms with Crippen LogP contribution in [0.2, 0.25) is 0 Å². The van der Waals surface area contributed by atoms with Gasteiger partial charge in [0.25, 0.3) is 0 Å². The normalized spacial score (nSPS) is 56.5. The molecular formula is C17H24O4. The van der Waals surface area contributed by atoms with Crippen LogP contribution in [0.1, 0.15) is 26.7 Å². The van der Waals surface area contributed by atoms with Gasteiger partial charge in [0.15, 0.2) is 0 Å². The van der Waals surface area contributed by atoms with Crippen LogP contribution in [0, 0.1) is 59.2 Å². The molecule has 0 radical (unpaired) electrons. The summed E-state index contributed by atoms with van der Waals surface area (Å²) in [5.41, 5.74) is 0. The first-order chi connectivity index (χ1) is 9.97. The number of rotatable bonds is 2. The average molecular weight is 292 g/mol. The van der Waals surface area contributed by atoms with Crippen LogP contribution in [0.3, 0.4) is 0 Å². The topological polar surface area (TPSA) is 63.6 Å². The smallest absolute Gasteiger partial charge is 0.309 e. The number of fused-ring (bicyclic) bond motifs is 9. The first kappa shape index (κ1) is 13.6. The number of aliphatic carboxylic acids is 1. The number of methoxy groups -OCH3 is 1. The molecule has 4 aliphatic carbocycles. The van der Waals surface area contributed by atoms with Gasteiger partial charge in [-0.1, -0.05) is 13.8 Å². The second-order valence-corrected chi connectivity index (χ2v) is 7.91. The van der Waals surface area contributed by atoms with E-state index in [9.17, 15) is 14.7 Å². The van der Waals surface area contributed by atoms with Gasteiger partial charge in [-0.25, -0.2) is 0 Å². The number of carboxylic acids is 1. The Morgan fingerprint density at radius 3 is 1.86 bits per heavy atom. The van der Waals surface area contributed by atoms with Gasteiger partial charge in [0.1, 0.15) is 0 Å². The molecule has 1 N–H and O–H groups in total. The molecule has 10 atom stereocenters. The van der Waals surface area contributed by atoms with E-state index < -0.39 is 17.8 Å². The molecule has 0 aromatic heterocycles. The van der Waals surface area contributed by atoms with Crippen LogP contribution in [-0.2, 0) is 14.3 Å². The molecule has 0 aromatic carbocycles. The lowest BCUT2D eigenvalue weighted by atomic mass is 9.59. The summed E-state index contributed by atoms with van der Waals surface area (Å²) in [5, 5.41) is 9.65. The van der Waals surface area contributed by atoms with Crippen molar-refractivity contribution < 1.29 is 19.4 Å². The predicted molar refractivity (Wildman–Crippen MR) is 75.1 cm³/mol. The molecule has 0 spiro atoms. The van der Waals surface area contributed by atoms with Crippen LogP contribution in [0.15, 0.2) is 0 Å². The zero-order valence-electron chi connectivity index (χ0n) is 12.9. The summed E-state index contributed by atoms with van der Waals surface area (Å²) < 4.78 is 4.94. The van der Waals surface area contributed by atoms with Crippen molar-refractivity contribution in [3.05, 3.63) is 0 Å². The van der Waals surface area contributed by atoms with E-state index in [1.807, 2.05) is 0 Å². The Hall–Kier alpha value is -1.06. The van der Waals surface area contributed by atoms with E-state index in [0.717, 1.165) is 12.3 Å². The van der Waals surface area contributed by atoms with Gasteiger partial charge in [-0.05, 0) is 60.2 Å². The first-order valence-corrected chi connectivity index (χ1v) is 8.28. The molecular weight excluding hydrogens is 268 g/mol. The van der Waals surface area contributed by atoms with E-state index in [4.69, 9.17) is 4.74 Å². The van der Waals surface area contributed by atoms with E-state index in [0.29, 0.717) is 29.6 Å². The van der Waals surface area contributed by atoms with Crippen molar-refractivity contribution in [2.45, 2.75) is 26.7 Å². The SMILES string of the molecule is COC(=O)C1C2CC(C1C(=O)O)C1C3CC(C(C)C3C)C21. The zero-order chi connectivity index (χ0) is 15.0. The highest BCUT2D eigenvalue weighted by atomic mass is 16.5. The maximum absolute atomic E-state index is 12.2. The van der Waals surface area contributed by atoms with Crippen molar-refractivity contribution in [3.63, 3.8) is 0 Å². The fourth-order valence-corrected chi connectivity index (χ4v) is 7.04. The Kier molecular flexibility index (Phi) is 2.74. The number of hydrogen-bond donors (Lipinski definition) is 1. The third kappa shape index (κ3) is 1.46. The summed E-state index contributed by atoms with van der Waals surface area (Å²) in [6.07, 6.45) is 2.18. The molecule has 0 saturated heterocycles. The number of carbonyl (C=O) groups is 2. The highest BCUT2D eigenvalue weighted by molar-refractivity contribution is 5.83. The van der Waals surface area contributed by atoms with Crippen LogP contribution < -0.4 is 0 Å². The van der Waals surface area contributed by atoms with Gasteiger partial charge in [-0.15, -0.1) is 0 Å². The van der Waals surface area contributed by atoms with Crippen molar-refractivity contribution in [2.75, 3.05) is 7.11 Å². The number of ether oxygens (including phenoxy) is 1. The second-order valence-electron chi connectivity index (χ2n) is 7.91. The minimum absolute atomic E-state index is 0.201. The summed E-state index contributed by atoms with van der Waals surface area (Å²) in [6.45, 7) is 4.69. The molecule has 10 unspecified atom stereocenters. The van der Waals surface area contributed by atoms with Crippen LogP contribution in [0.5, 0.6) is 0 Å². The van der Waals surface area contributed by atoms with Crippen molar-refractivity contribution in [3.8, 4) is 0 Å². The van der Waals surface area contributed by atoms with Crippen LogP contribution in [-0.4, -0.2) is 24.2 Å². The first-order valence-electron chi connectivity index (χ1n) is 8.28. The van der Waals surface area contributed by atoms with E-state index >= 15 is 0 Å². The summed E-state index contributed by atoms with van der Waals surface area (Å²) in [7, 11) is 1.39. The number of carbonyl (C=O) groups excluding carboxylic acids is 1. The largest absolute Gasteiger partial charge is 0.481 e. The molecule has 0 aromatic rings. The van der Waals surface area contributed by atoms with Crippen molar-refractivity contribution >= 4 is 11.9 Å². The van der Waals surface area contributed by atoms with Crippen molar-refractivity contribution in [2.24, 2.45) is 59.2 Å². The molecule has 21 heavy (non-hydrogen) atoms. The molecule has 4 aliphatic rings. The third-order valence-electron chi connectivity index (χ3n) is 7.76. The summed E-state index contributed by atoms with van der Waals surface area (Å²) in [4.78, 5) is 23.9. The number of carboxylic acid groups (broad SMARTS) is 1. The van der Waals surface area contributed by atoms with Crippen LogP contribution >= 0.6 is 0 Å². The fraction of sp³-hybridized carbons (Fsp3) is 0.882. The van der Waals surface area contributed by atoms with E-state index in [1.54, 1.807) is 0 Å². The highest BCUT2D eigenvalue weighted by Crippen LogP contribution is 2.72. The summed E-state index contributed by atoms with van der Waals surface area (Å²) in [5.74, 6) is 2.39. The second kappa shape index (κ2) is 4.23. The summed E-state index contributed by atoms with van der Waals surface area (Å²) >= 11 is 0. The molecule has 116 valence electrons. The van der Waals surface area contributed by atoms with Gasteiger partial charge < -0.3 is 9.84 Å². The lowest BCUT2D eigenvalue weighted by Crippen LogP contribution is -2.47. The third-order valence-corrected chi connectivity index (χ3v) is 7.76. The van der Waals surface area contributed by atoms with Gasteiger partial charge in [-0.3, -0.25) is 9.59 Å².